The molecule has 376 valence electrons. The smallest absolute Gasteiger partial charge is 0.306 e. The first-order chi connectivity index (χ1) is 31.5. The van der Waals surface area contributed by atoms with Gasteiger partial charge < -0.3 is 14.2 Å². The Hall–Kier alpha value is -2.11. The van der Waals surface area contributed by atoms with Gasteiger partial charge in [0.25, 0.3) is 0 Å². The van der Waals surface area contributed by atoms with E-state index in [-0.39, 0.29) is 31.1 Å². The zero-order valence-corrected chi connectivity index (χ0v) is 43.1. The molecule has 0 amide bonds. The van der Waals surface area contributed by atoms with E-state index in [1.165, 1.54) is 186 Å². The topological polar surface area (TPSA) is 78.9 Å². The maximum Gasteiger partial charge on any atom is 0.306 e. The van der Waals surface area contributed by atoms with Gasteiger partial charge in [-0.2, -0.15) is 0 Å². The minimum atomic E-state index is -0.771. The highest BCUT2D eigenvalue weighted by Gasteiger charge is 2.19. The second kappa shape index (κ2) is 53.5. The molecule has 1 unspecified atom stereocenters. The molecule has 0 aromatic carbocycles. The highest BCUT2D eigenvalue weighted by Crippen LogP contribution is 2.17. The molecule has 0 bridgehead atoms. The van der Waals surface area contributed by atoms with Crippen molar-refractivity contribution in [3.05, 3.63) is 24.3 Å². The Bertz CT molecular complexity index is 1040. The van der Waals surface area contributed by atoms with Gasteiger partial charge in [0.2, 0.25) is 0 Å². The van der Waals surface area contributed by atoms with Crippen molar-refractivity contribution in [3.63, 3.8) is 0 Å². The van der Waals surface area contributed by atoms with Crippen molar-refractivity contribution in [1.29, 1.82) is 0 Å². The molecule has 0 aliphatic heterocycles. The van der Waals surface area contributed by atoms with Crippen LogP contribution in [0.4, 0.5) is 0 Å². The SMILES string of the molecule is CC/C=C\C/C=C\CCCCCCCC(=O)OCC(COC(=O)CCCCCCCCCCCCCCCCCCC)OC(=O)CCCCCCCCCCCCCCCCCCC. The summed E-state index contributed by atoms with van der Waals surface area (Å²) in [5.41, 5.74) is 0. The molecule has 0 N–H and O–H groups in total. The van der Waals surface area contributed by atoms with Crippen molar-refractivity contribution in [2.75, 3.05) is 13.2 Å². The number of rotatable bonds is 52. The normalized spacial score (nSPS) is 12.1. The fourth-order valence-corrected chi connectivity index (χ4v) is 8.48. The molecule has 0 heterocycles. The second-order valence-electron chi connectivity index (χ2n) is 19.2. The van der Waals surface area contributed by atoms with Crippen LogP contribution in [0.3, 0.4) is 0 Å². The van der Waals surface area contributed by atoms with Crippen molar-refractivity contribution >= 4 is 17.9 Å². The van der Waals surface area contributed by atoms with E-state index in [0.717, 1.165) is 83.5 Å². The molecule has 0 radical (unpaired) electrons. The van der Waals surface area contributed by atoms with Gasteiger partial charge in [-0.3, -0.25) is 14.4 Å². The number of hydrogen-bond donors (Lipinski definition) is 0. The van der Waals surface area contributed by atoms with Crippen LogP contribution in [0.25, 0.3) is 0 Å². The zero-order chi connectivity index (χ0) is 46.5. The lowest BCUT2D eigenvalue weighted by Gasteiger charge is -2.18. The van der Waals surface area contributed by atoms with E-state index < -0.39 is 6.10 Å². The summed E-state index contributed by atoms with van der Waals surface area (Å²) in [5.74, 6) is -0.865. The molecule has 0 saturated carbocycles. The van der Waals surface area contributed by atoms with E-state index in [1.54, 1.807) is 0 Å². The highest BCUT2D eigenvalue weighted by atomic mass is 16.6. The average Bonchev–Trinajstić information content (AvgIpc) is 3.29. The van der Waals surface area contributed by atoms with Gasteiger partial charge in [-0.1, -0.05) is 270 Å². The standard InChI is InChI=1S/C58H108O6/c1-4-7-10-13-16-19-22-25-27-29-31-33-36-39-42-45-48-51-57(60)63-54-55(53-62-56(59)50-47-44-41-38-35-24-21-18-15-12-9-6-3)64-58(61)52-49-46-43-40-37-34-32-30-28-26-23-20-17-14-11-8-5-2/h9,12,18,21,55H,4-8,10-11,13-17,19-20,22-54H2,1-3H3/b12-9-,21-18-. The van der Waals surface area contributed by atoms with Gasteiger partial charge in [-0.25, -0.2) is 0 Å². The van der Waals surface area contributed by atoms with Crippen molar-refractivity contribution < 1.29 is 28.6 Å². The van der Waals surface area contributed by atoms with Crippen LogP contribution in [0, 0.1) is 0 Å². The monoisotopic (exact) mass is 901 g/mol. The van der Waals surface area contributed by atoms with Gasteiger partial charge >= 0.3 is 17.9 Å². The predicted octanol–water partition coefficient (Wildman–Crippen LogP) is 18.7. The summed E-state index contributed by atoms with van der Waals surface area (Å²) in [6, 6.07) is 0. The van der Waals surface area contributed by atoms with Gasteiger partial charge in [0.15, 0.2) is 6.10 Å². The van der Waals surface area contributed by atoms with Crippen molar-refractivity contribution in [2.45, 2.75) is 316 Å². The van der Waals surface area contributed by atoms with E-state index >= 15 is 0 Å². The lowest BCUT2D eigenvalue weighted by molar-refractivity contribution is -0.167. The fourth-order valence-electron chi connectivity index (χ4n) is 8.48. The molecule has 0 aliphatic carbocycles. The number of carbonyl (C=O) groups excluding carboxylic acids is 3. The molecule has 6 heteroatoms. The van der Waals surface area contributed by atoms with E-state index in [4.69, 9.17) is 14.2 Å². The zero-order valence-electron chi connectivity index (χ0n) is 43.1. The predicted molar refractivity (Wildman–Crippen MR) is 275 cm³/mol. The molecule has 0 aliphatic rings. The van der Waals surface area contributed by atoms with Gasteiger partial charge in [0.05, 0.1) is 0 Å². The Balaban J connectivity index is 4.30. The molecule has 6 nitrogen and oxygen atoms in total. The van der Waals surface area contributed by atoms with Gasteiger partial charge in [-0.15, -0.1) is 0 Å². The van der Waals surface area contributed by atoms with Crippen LogP contribution >= 0.6 is 0 Å². The number of esters is 3. The number of unbranched alkanes of at least 4 members (excludes halogenated alkanes) is 37. The Kier molecular flexibility index (Phi) is 51.7. The lowest BCUT2D eigenvalue weighted by Crippen LogP contribution is -2.30. The number of ether oxygens (including phenoxy) is 3. The van der Waals surface area contributed by atoms with E-state index in [0.29, 0.717) is 19.3 Å². The molecule has 0 aromatic rings. The Morgan fingerprint density at radius 2 is 0.609 bits per heavy atom. The van der Waals surface area contributed by atoms with Crippen LogP contribution in [0.5, 0.6) is 0 Å². The van der Waals surface area contributed by atoms with Crippen molar-refractivity contribution in [2.24, 2.45) is 0 Å². The molecule has 0 saturated heterocycles. The van der Waals surface area contributed by atoms with Crippen LogP contribution in [-0.2, 0) is 28.6 Å². The summed E-state index contributed by atoms with van der Waals surface area (Å²) in [4.78, 5) is 38.1. The van der Waals surface area contributed by atoms with Crippen LogP contribution < -0.4 is 0 Å². The first-order valence-corrected chi connectivity index (χ1v) is 28.3. The maximum atomic E-state index is 12.8. The van der Waals surface area contributed by atoms with Crippen LogP contribution in [0.1, 0.15) is 310 Å². The summed E-state index contributed by atoms with van der Waals surface area (Å²) < 4.78 is 16.9. The Labute approximate surface area is 398 Å². The highest BCUT2D eigenvalue weighted by molar-refractivity contribution is 5.71. The molecule has 0 rings (SSSR count). The minimum Gasteiger partial charge on any atom is -0.462 e. The molecular weight excluding hydrogens is 793 g/mol. The third-order valence-electron chi connectivity index (χ3n) is 12.7. The summed E-state index contributed by atoms with van der Waals surface area (Å²) in [6.07, 6.45) is 61.7. The molecule has 0 fully saturated rings. The molecular formula is C58H108O6. The molecule has 1 atom stereocenters. The molecule has 0 spiro atoms. The van der Waals surface area contributed by atoms with Crippen LogP contribution in [-0.4, -0.2) is 37.2 Å². The first-order valence-electron chi connectivity index (χ1n) is 28.3. The van der Waals surface area contributed by atoms with Gasteiger partial charge in [0, 0.05) is 19.3 Å². The van der Waals surface area contributed by atoms with Crippen molar-refractivity contribution in [3.8, 4) is 0 Å². The van der Waals surface area contributed by atoms with Crippen molar-refractivity contribution in [1.82, 2.24) is 0 Å². The second-order valence-corrected chi connectivity index (χ2v) is 19.2. The minimum absolute atomic E-state index is 0.0702. The number of allylic oxidation sites excluding steroid dienone is 4. The quantitative estimate of drug-likeness (QED) is 0.0262. The van der Waals surface area contributed by atoms with Crippen LogP contribution in [0.15, 0.2) is 24.3 Å². The summed E-state index contributed by atoms with van der Waals surface area (Å²) in [7, 11) is 0. The average molecular weight is 901 g/mol. The Morgan fingerprint density at radius 3 is 0.938 bits per heavy atom. The maximum absolute atomic E-state index is 12.8. The van der Waals surface area contributed by atoms with Crippen LogP contribution in [0.2, 0.25) is 0 Å². The van der Waals surface area contributed by atoms with E-state index in [1.807, 2.05) is 0 Å². The third-order valence-corrected chi connectivity index (χ3v) is 12.7. The lowest BCUT2D eigenvalue weighted by atomic mass is 10.0. The molecule has 64 heavy (non-hydrogen) atoms. The number of carbonyl (C=O) groups is 3. The largest absolute Gasteiger partial charge is 0.462 e. The van der Waals surface area contributed by atoms with Gasteiger partial charge in [-0.05, 0) is 44.9 Å². The van der Waals surface area contributed by atoms with E-state index in [9.17, 15) is 14.4 Å². The summed E-state index contributed by atoms with van der Waals surface area (Å²) in [5, 5.41) is 0. The van der Waals surface area contributed by atoms with E-state index in [2.05, 4.69) is 45.1 Å². The summed E-state index contributed by atoms with van der Waals surface area (Å²) >= 11 is 0. The number of hydrogen-bond acceptors (Lipinski definition) is 6. The Morgan fingerprint density at radius 1 is 0.328 bits per heavy atom. The molecule has 0 aromatic heterocycles. The third kappa shape index (κ3) is 50.9. The summed E-state index contributed by atoms with van der Waals surface area (Å²) in [6.45, 7) is 6.57. The van der Waals surface area contributed by atoms with Gasteiger partial charge in [0.1, 0.15) is 13.2 Å². The fraction of sp³-hybridized carbons (Fsp3) is 0.879. The first kappa shape index (κ1) is 61.9.